The van der Waals surface area contributed by atoms with E-state index in [1.54, 1.807) is 0 Å². The summed E-state index contributed by atoms with van der Waals surface area (Å²) >= 11 is 0. The molecular formula is C44H25F6N. The molecule has 9 rings (SSSR count). The van der Waals surface area contributed by atoms with E-state index in [1.807, 2.05) is 59.5 Å². The van der Waals surface area contributed by atoms with Gasteiger partial charge in [0.05, 0.1) is 16.8 Å². The van der Waals surface area contributed by atoms with Crippen molar-refractivity contribution >= 4 is 70.9 Å². The van der Waals surface area contributed by atoms with Crippen LogP contribution in [0.3, 0.4) is 0 Å². The van der Waals surface area contributed by atoms with Crippen LogP contribution < -0.4 is 4.90 Å². The first-order valence-corrected chi connectivity index (χ1v) is 16.3. The minimum atomic E-state index is -4.51. The molecule has 0 N–H and O–H groups in total. The largest absolute Gasteiger partial charge is 0.416 e. The number of anilines is 3. The standard InChI is InChI=1S/C44H25F6N/c45-43(46,47)31-18-16-28(17-19-31)41-35-8-1-3-10-37(35)42(38-11-4-2-9-36(38)41)51(33-22-20-32(21-23-33)44(48,49)50)34-24-29-14-12-26-6-5-7-27-13-15-30(25-34)40(29)39(26)27/h1-25H. The van der Waals surface area contributed by atoms with E-state index in [9.17, 15) is 26.3 Å². The second-order valence-electron chi connectivity index (χ2n) is 12.7. The Hall–Kier alpha value is -6.08. The lowest BCUT2D eigenvalue weighted by molar-refractivity contribution is -0.138. The highest BCUT2D eigenvalue weighted by Crippen LogP contribution is 2.50. The van der Waals surface area contributed by atoms with Crippen LogP contribution in [-0.2, 0) is 12.4 Å². The second kappa shape index (κ2) is 11.2. The molecular weight excluding hydrogens is 656 g/mol. The first-order chi connectivity index (χ1) is 24.6. The van der Waals surface area contributed by atoms with Crippen LogP contribution in [0.5, 0.6) is 0 Å². The molecule has 0 aliphatic carbocycles. The number of nitrogens with zero attached hydrogens (tertiary/aromatic N) is 1. The van der Waals surface area contributed by atoms with Gasteiger partial charge in [0.1, 0.15) is 0 Å². The van der Waals surface area contributed by atoms with Gasteiger partial charge in [-0.3, -0.25) is 0 Å². The van der Waals surface area contributed by atoms with Crippen molar-refractivity contribution in [2.75, 3.05) is 4.90 Å². The Bertz CT molecular complexity index is 2640. The van der Waals surface area contributed by atoms with Crippen LogP contribution >= 0.6 is 0 Å². The first kappa shape index (κ1) is 30.9. The highest BCUT2D eigenvalue weighted by molar-refractivity contribution is 6.25. The van der Waals surface area contributed by atoms with Crippen molar-refractivity contribution in [2.24, 2.45) is 0 Å². The third-order valence-corrected chi connectivity index (χ3v) is 9.79. The van der Waals surface area contributed by atoms with Crippen molar-refractivity contribution in [3.05, 3.63) is 163 Å². The molecule has 0 heterocycles. The maximum absolute atomic E-state index is 13.8. The third-order valence-electron chi connectivity index (χ3n) is 9.79. The zero-order chi connectivity index (χ0) is 35.1. The Morgan fingerprint density at radius 3 is 1.29 bits per heavy atom. The number of hydrogen-bond acceptors (Lipinski definition) is 1. The van der Waals surface area contributed by atoms with Crippen LogP contribution in [0.4, 0.5) is 43.4 Å². The van der Waals surface area contributed by atoms with Gasteiger partial charge < -0.3 is 4.90 Å². The molecule has 0 saturated heterocycles. The van der Waals surface area contributed by atoms with Gasteiger partial charge in [-0.05, 0) is 103 Å². The Labute approximate surface area is 287 Å². The molecule has 51 heavy (non-hydrogen) atoms. The van der Waals surface area contributed by atoms with E-state index in [0.717, 1.165) is 95.1 Å². The lowest BCUT2D eigenvalue weighted by Crippen LogP contribution is -2.13. The zero-order valence-electron chi connectivity index (χ0n) is 26.6. The van der Waals surface area contributed by atoms with E-state index < -0.39 is 23.5 Å². The van der Waals surface area contributed by atoms with E-state index in [1.165, 1.54) is 24.3 Å². The fourth-order valence-electron chi connectivity index (χ4n) is 7.56. The van der Waals surface area contributed by atoms with Crippen LogP contribution in [0.1, 0.15) is 11.1 Å². The molecule has 0 unspecified atom stereocenters. The Morgan fingerprint density at radius 1 is 0.373 bits per heavy atom. The summed E-state index contributed by atoms with van der Waals surface area (Å²) in [5, 5.41) is 9.62. The predicted molar refractivity (Wildman–Crippen MR) is 195 cm³/mol. The summed E-state index contributed by atoms with van der Waals surface area (Å²) in [4.78, 5) is 2.00. The molecule has 0 spiro atoms. The zero-order valence-corrected chi connectivity index (χ0v) is 26.6. The van der Waals surface area contributed by atoms with Crippen LogP contribution in [0.2, 0.25) is 0 Å². The minimum absolute atomic E-state index is 0.522. The van der Waals surface area contributed by atoms with Gasteiger partial charge in [-0.1, -0.05) is 103 Å². The quantitative estimate of drug-likeness (QED) is 0.102. The number of fused-ring (bicyclic) bond motifs is 2. The smallest absolute Gasteiger partial charge is 0.309 e. The number of hydrogen-bond donors (Lipinski definition) is 0. The Balaban J connectivity index is 1.36. The highest BCUT2D eigenvalue weighted by atomic mass is 19.4. The van der Waals surface area contributed by atoms with Gasteiger partial charge in [-0.15, -0.1) is 0 Å². The molecule has 0 aromatic heterocycles. The van der Waals surface area contributed by atoms with Crippen LogP contribution in [0, 0.1) is 0 Å². The first-order valence-electron chi connectivity index (χ1n) is 16.3. The molecule has 0 radical (unpaired) electrons. The van der Waals surface area contributed by atoms with E-state index in [0.29, 0.717) is 11.3 Å². The molecule has 7 heteroatoms. The molecule has 0 saturated carbocycles. The van der Waals surface area contributed by atoms with E-state index in [4.69, 9.17) is 0 Å². The summed E-state index contributed by atoms with van der Waals surface area (Å²) in [6, 6.07) is 44.3. The lowest BCUT2D eigenvalue weighted by Gasteiger charge is -2.30. The van der Waals surface area contributed by atoms with Gasteiger partial charge in [0.2, 0.25) is 0 Å². The SMILES string of the molecule is FC(F)(F)c1ccc(-c2c3ccccc3c(N(c3ccc(C(F)(F)F)cc3)c3cc4ccc5cccc6ccc(c3)c4c56)c3ccccc23)cc1. The average molecular weight is 682 g/mol. The summed E-state index contributed by atoms with van der Waals surface area (Å²) in [7, 11) is 0. The molecule has 0 aliphatic rings. The molecule has 0 bridgehead atoms. The van der Waals surface area contributed by atoms with E-state index in [-0.39, 0.29) is 0 Å². The lowest BCUT2D eigenvalue weighted by atomic mass is 9.89. The summed E-state index contributed by atoms with van der Waals surface area (Å²) in [6.07, 6.45) is -8.99. The number of benzene rings is 9. The van der Waals surface area contributed by atoms with Gasteiger partial charge in [-0.25, -0.2) is 0 Å². The Morgan fingerprint density at radius 2 is 0.804 bits per heavy atom. The number of halogens is 6. The fourth-order valence-corrected chi connectivity index (χ4v) is 7.56. The Kier molecular flexibility index (Phi) is 6.81. The van der Waals surface area contributed by atoms with Crippen molar-refractivity contribution in [1.82, 2.24) is 0 Å². The van der Waals surface area contributed by atoms with Gasteiger partial charge in [0, 0.05) is 22.1 Å². The molecule has 248 valence electrons. The third kappa shape index (κ3) is 5.03. The highest BCUT2D eigenvalue weighted by Gasteiger charge is 2.32. The average Bonchev–Trinajstić information content (AvgIpc) is 3.13. The van der Waals surface area contributed by atoms with Gasteiger partial charge in [0.15, 0.2) is 0 Å². The maximum Gasteiger partial charge on any atom is 0.416 e. The van der Waals surface area contributed by atoms with Gasteiger partial charge >= 0.3 is 12.4 Å². The molecule has 9 aromatic carbocycles. The number of rotatable bonds is 4. The number of alkyl halides is 6. The summed E-state index contributed by atoms with van der Waals surface area (Å²) < 4.78 is 82.0. The van der Waals surface area contributed by atoms with Crippen LogP contribution in [0.25, 0.3) is 65.0 Å². The molecule has 0 amide bonds. The molecule has 0 fully saturated rings. The fraction of sp³-hybridized carbons (Fsp3) is 0.0455. The summed E-state index contributed by atoms with van der Waals surface area (Å²) in [6.45, 7) is 0. The molecule has 9 aromatic rings. The van der Waals surface area contributed by atoms with E-state index in [2.05, 4.69) is 48.5 Å². The van der Waals surface area contributed by atoms with Gasteiger partial charge in [-0.2, -0.15) is 26.3 Å². The van der Waals surface area contributed by atoms with Crippen LogP contribution in [0.15, 0.2) is 152 Å². The summed E-state index contributed by atoms with van der Waals surface area (Å²) in [5.74, 6) is 0. The van der Waals surface area contributed by atoms with Crippen molar-refractivity contribution < 1.29 is 26.3 Å². The van der Waals surface area contributed by atoms with Crippen molar-refractivity contribution in [3.8, 4) is 11.1 Å². The van der Waals surface area contributed by atoms with Crippen molar-refractivity contribution in [3.63, 3.8) is 0 Å². The van der Waals surface area contributed by atoms with Gasteiger partial charge in [0.25, 0.3) is 0 Å². The van der Waals surface area contributed by atoms with Crippen LogP contribution in [-0.4, -0.2) is 0 Å². The normalized spacial score (nSPS) is 12.5. The minimum Gasteiger partial charge on any atom is -0.309 e. The predicted octanol–water partition coefficient (Wildman–Crippen LogP) is 14.1. The van der Waals surface area contributed by atoms with Crippen molar-refractivity contribution in [1.29, 1.82) is 0 Å². The molecule has 1 nitrogen and oxygen atoms in total. The van der Waals surface area contributed by atoms with E-state index >= 15 is 0 Å². The summed E-state index contributed by atoms with van der Waals surface area (Å²) in [5.41, 5.74) is 1.90. The molecule has 0 atom stereocenters. The second-order valence-corrected chi connectivity index (χ2v) is 12.7. The topological polar surface area (TPSA) is 3.24 Å². The molecule has 0 aliphatic heterocycles. The maximum atomic E-state index is 13.8. The monoisotopic (exact) mass is 681 g/mol. The van der Waals surface area contributed by atoms with Crippen molar-refractivity contribution in [2.45, 2.75) is 12.4 Å².